The lowest BCUT2D eigenvalue weighted by molar-refractivity contribution is -0.133. The second kappa shape index (κ2) is 10.3. The number of piperidine rings is 1. The molecule has 4 rings (SSSR count). The first-order chi connectivity index (χ1) is 16.3. The molecule has 0 aromatic heterocycles. The first-order valence-corrected chi connectivity index (χ1v) is 13.5. The van der Waals surface area contributed by atoms with E-state index in [0.717, 1.165) is 37.1 Å². The van der Waals surface area contributed by atoms with Gasteiger partial charge in [-0.15, -0.1) is 0 Å². The van der Waals surface area contributed by atoms with Crippen LogP contribution in [0, 0.1) is 5.92 Å². The van der Waals surface area contributed by atoms with E-state index in [1.165, 1.54) is 16.4 Å². The summed E-state index contributed by atoms with van der Waals surface area (Å²) in [5.74, 6) is 0.488. The number of fused-ring (bicyclic) bond motifs is 1. The number of nitrogens with one attached hydrogen (secondary N) is 1. The molecule has 2 aromatic rings. The van der Waals surface area contributed by atoms with Crippen molar-refractivity contribution >= 4 is 27.5 Å². The summed E-state index contributed by atoms with van der Waals surface area (Å²) in [6.45, 7) is 5.74. The van der Waals surface area contributed by atoms with Gasteiger partial charge in [0.15, 0.2) is 0 Å². The molecule has 2 amide bonds. The van der Waals surface area contributed by atoms with Crippen LogP contribution in [0.25, 0.3) is 0 Å². The Labute approximate surface area is 202 Å². The number of sulfonamides is 1. The average molecular weight is 484 g/mol. The van der Waals surface area contributed by atoms with Crippen molar-refractivity contribution in [2.24, 2.45) is 5.92 Å². The van der Waals surface area contributed by atoms with Crippen molar-refractivity contribution in [3.63, 3.8) is 0 Å². The lowest BCUT2D eigenvalue weighted by atomic mass is 9.91. The third-order valence-electron chi connectivity index (χ3n) is 6.93. The number of likely N-dealkylation sites (tertiary alicyclic amines) is 1. The van der Waals surface area contributed by atoms with E-state index < -0.39 is 16.1 Å². The van der Waals surface area contributed by atoms with Crippen molar-refractivity contribution in [2.45, 2.75) is 56.9 Å². The largest absolute Gasteiger partial charge is 0.343 e. The Balaban J connectivity index is 1.61. The zero-order chi connectivity index (χ0) is 24.3. The standard InChI is InChI=1S/C26H33N3O4S/c1-3-25(30)27-21-8-10-22(11-9-21)34(32,33)29-17-14-20-6-4-5-7-23(20)24(29)18-26(31)28-15-12-19(2)13-16-28/h4-11,19,24H,3,12-18H2,1-2H3,(H,27,30)/t24-/m1/s1. The molecule has 2 aliphatic rings. The summed E-state index contributed by atoms with van der Waals surface area (Å²) < 4.78 is 28.9. The van der Waals surface area contributed by atoms with Gasteiger partial charge < -0.3 is 10.2 Å². The maximum atomic E-state index is 13.7. The molecule has 0 spiro atoms. The Morgan fingerprint density at radius 1 is 1.00 bits per heavy atom. The van der Waals surface area contributed by atoms with Crippen LogP contribution < -0.4 is 5.32 Å². The number of hydrogen-bond donors (Lipinski definition) is 1. The van der Waals surface area contributed by atoms with E-state index in [9.17, 15) is 18.0 Å². The highest BCUT2D eigenvalue weighted by Crippen LogP contribution is 2.37. The van der Waals surface area contributed by atoms with Gasteiger partial charge in [-0.25, -0.2) is 8.42 Å². The Kier molecular flexibility index (Phi) is 7.38. The molecule has 1 atom stereocenters. The number of benzene rings is 2. The van der Waals surface area contributed by atoms with Gasteiger partial charge in [0.1, 0.15) is 0 Å². The predicted octanol–water partition coefficient (Wildman–Crippen LogP) is 3.97. The Bertz CT molecular complexity index is 1140. The van der Waals surface area contributed by atoms with Gasteiger partial charge in [-0.2, -0.15) is 4.31 Å². The van der Waals surface area contributed by atoms with E-state index in [0.29, 0.717) is 31.0 Å². The zero-order valence-corrected chi connectivity index (χ0v) is 20.7. The molecule has 0 unspecified atom stereocenters. The van der Waals surface area contributed by atoms with Crippen molar-refractivity contribution in [1.29, 1.82) is 0 Å². The molecular weight excluding hydrogens is 450 g/mol. The molecule has 7 nitrogen and oxygen atoms in total. The zero-order valence-electron chi connectivity index (χ0n) is 19.9. The van der Waals surface area contributed by atoms with Crippen molar-refractivity contribution in [2.75, 3.05) is 25.0 Å². The van der Waals surface area contributed by atoms with E-state index in [4.69, 9.17) is 0 Å². The van der Waals surface area contributed by atoms with Gasteiger partial charge in [-0.05, 0) is 60.6 Å². The molecule has 2 heterocycles. The van der Waals surface area contributed by atoms with Crippen LogP contribution >= 0.6 is 0 Å². The summed E-state index contributed by atoms with van der Waals surface area (Å²) in [6.07, 6.45) is 3.05. The minimum Gasteiger partial charge on any atom is -0.343 e. The first-order valence-electron chi connectivity index (χ1n) is 12.1. The Hall–Kier alpha value is -2.71. The topological polar surface area (TPSA) is 86.8 Å². The minimum absolute atomic E-state index is 0.00595. The van der Waals surface area contributed by atoms with E-state index in [2.05, 4.69) is 12.2 Å². The highest BCUT2D eigenvalue weighted by molar-refractivity contribution is 7.89. The van der Waals surface area contributed by atoms with E-state index >= 15 is 0 Å². The highest BCUT2D eigenvalue weighted by Gasteiger charge is 2.38. The van der Waals surface area contributed by atoms with Gasteiger partial charge in [0, 0.05) is 38.2 Å². The molecule has 0 aliphatic carbocycles. The Morgan fingerprint density at radius 3 is 2.35 bits per heavy atom. The van der Waals surface area contributed by atoms with Crippen LogP contribution in [0.4, 0.5) is 5.69 Å². The van der Waals surface area contributed by atoms with Crippen molar-refractivity contribution in [1.82, 2.24) is 9.21 Å². The molecule has 1 fully saturated rings. The number of amides is 2. The molecule has 34 heavy (non-hydrogen) atoms. The number of anilines is 1. The maximum absolute atomic E-state index is 13.7. The molecule has 0 bridgehead atoms. The second-order valence-electron chi connectivity index (χ2n) is 9.27. The van der Waals surface area contributed by atoms with Crippen LogP contribution in [0.3, 0.4) is 0 Å². The summed E-state index contributed by atoms with van der Waals surface area (Å²) in [5, 5.41) is 2.74. The van der Waals surface area contributed by atoms with E-state index in [1.807, 2.05) is 29.2 Å². The van der Waals surface area contributed by atoms with E-state index in [-0.39, 0.29) is 23.1 Å². The van der Waals surface area contributed by atoms with Crippen LogP contribution in [0.2, 0.25) is 0 Å². The van der Waals surface area contributed by atoms with Crippen molar-refractivity contribution in [3.05, 3.63) is 59.7 Å². The summed E-state index contributed by atoms with van der Waals surface area (Å²) in [7, 11) is -3.84. The van der Waals surface area contributed by atoms with Crippen LogP contribution in [-0.4, -0.2) is 49.1 Å². The summed E-state index contributed by atoms with van der Waals surface area (Å²) in [5.41, 5.74) is 2.56. The van der Waals surface area contributed by atoms with Gasteiger partial charge in [0.25, 0.3) is 0 Å². The molecule has 0 radical (unpaired) electrons. The minimum atomic E-state index is -3.84. The monoisotopic (exact) mass is 483 g/mol. The predicted molar refractivity (Wildman–Crippen MR) is 132 cm³/mol. The number of carbonyl (C=O) groups excluding carboxylic acids is 2. The summed E-state index contributed by atoms with van der Waals surface area (Å²) in [6, 6.07) is 13.5. The first kappa shape index (κ1) is 24.4. The molecule has 0 saturated carbocycles. The smallest absolute Gasteiger partial charge is 0.243 e. The fourth-order valence-corrected chi connectivity index (χ4v) is 6.38. The quantitative estimate of drug-likeness (QED) is 0.674. The number of rotatable bonds is 6. The van der Waals surface area contributed by atoms with Gasteiger partial charge in [-0.3, -0.25) is 9.59 Å². The highest BCUT2D eigenvalue weighted by atomic mass is 32.2. The normalized spacial score (nSPS) is 19.5. The second-order valence-corrected chi connectivity index (χ2v) is 11.2. The van der Waals surface area contributed by atoms with Crippen LogP contribution in [0.1, 0.15) is 56.7 Å². The molecule has 1 saturated heterocycles. The van der Waals surface area contributed by atoms with Gasteiger partial charge >= 0.3 is 0 Å². The molecular formula is C26H33N3O4S. The third-order valence-corrected chi connectivity index (χ3v) is 8.86. The molecule has 1 N–H and O–H groups in total. The summed E-state index contributed by atoms with van der Waals surface area (Å²) in [4.78, 5) is 26.9. The van der Waals surface area contributed by atoms with Gasteiger partial charge in [0.2, 0.25) is 21.8 Å². The third kappa shape index (κ3) is 5.18. The summed E-state index contributed by atoms with van der Waals surface area (Å²) >= 11 is 0. The Morgan fingerprint density at radius 2 is 1.68 bits per heavy atom. The lowest BCUT2D eigenvalue weighted by Gasteiger charge is -2.38. The molecule has 2 aromatic carbocycles. The SMILES string of the molecule is CCC(=O)Nc1ccc(S(=O)(=O)N2CCc3ccccc3[C@H]2CC(=O)N2CCC(C)CC2)cc1. The fourth-order valence-electron chi connectivity index (χ4n) is 4.78. The maximum Gasteiger partial charge on any atom is 0.243 e. The molecule has 8 heteroatoms. The molecule has 182 valence electrons. The van der Waals surface area contributed by atoms with Crippen molar-refractivity contribution in [3.8, 4) is 0 Å². The number of carbonyl (C=O) groups is 2. The van der Waals surface area contributed by atoms with Gasteiger partial charge in [0.05, 0.1) is 10.9 Å². The van der Waals surface area contributed by atoms with Crippen molar-refractivity contribution < 1.29 is 18.0 Å². The van der Waals surface area contributed by atoms with Crippen LogP contribution in [0.15, 0.2) is 53.4 Å². The van der Waals surface area contributed by atoms with Crippen LogP contribution in [-0.2, 0) is 26.0 Å². The average Bonchev–Trinajstić information content (AvgIpc) is 2.84. The lowest BCUT2D eigenvalue weighted by Crippen LogP contribution is -2.44. The number of nitrogens with zero attached hydrogens (tertiary/aromatic N) is 2. The van der Waals surface area contributed by atoms with Crippen LogP contribution in [0.5, 0.6) is 0 Å². The van der Waals surface area contributed by atoms with E-state index in [1.54, 1.807) is 19.1 Å². The fraction of sp³-hybridized carbons (Fsp3) is 0.462. The van der Waals surface area contributed by atoms with Gasteiger partial charge in [-0.1, -0.05) is 38.1 Å². The number of hydrogen-bond acceptors (Lipinski definition) is 4. The molecule has 2 aliphatic heterocycles.